The summed E-state index contributed by atoms with van der Waals surface area (Å²) in [7, 11) is 0. The van der Waals surface area contributed by atoms with Crippen molar-refractivity contribution in [3.8, 4) is 0 Å². The van der Waals surface area contributed by atoms with Gasteiger partial charge < -0.3 is 9.32 Å². The lowest BCUT2D eigenvalue weighted by atomic mass is 10.0. The van der Waals surface area contributed by atoms with E-state index in [9.17, 15) is 0 Å². The van der Waals surface area contributed by atoms with Crippen LogP contribution < -0.4 is 0 Å². The van der Waals surface area contributed by atoms with E-state index in [1.54, 1.807) is 6.26 Å². The minimum absolute atomic E-state index is 0.0224. The highest BCUT2D eigenvalue weighted by Gasteiger charge is 2.46. The van der Waals surface area contributed by atoms with Gasteiger partial charge >= 0.3 is 0 Å². The molecule has 2 aliphatic heterocycles. The molecule has 5 heteroatoms. The molecule has 0 bridgehead atoms. The number of pyridine rings is 1. The van der Waals surface area contributed by atoms with Crippen LogP contribution in [0.1, 0.15) is 36.9 Å². The molecule has 0 saturated carbocycles. The van der Waals surface area contributed by atoms with Gasteiger partial charge in [-0.25, -0.2) is 4.99 Å². The first-order valence-electron chi connectivity index (χ1n) is 7.31. The first-order chi connectivity index (χ1) is 10.4. The summed E-state index contributed by atoms with van der Waals surface area (Å²) in [6.07, 6.45) is 4.70. The highest BCUT2D eigenvalue weighted by atomic mass is 32.2. The molecule has 2 aliphatic rings. The SMILES string of the molecule is CC[C@@H]1CSC2=N[C@H](c3ccccn3)[C@@H](c3ccco3)N21. The van der Waals surface area contributed by atoms with E-state index in [1.807, 2.05) is 36.2 Å². The zero-order chi connectivity index (χ0) is 14.2. The fourth-order valence-electron chi connectivity index (χ4n) is 3.12. The van der Waals surface area contributed by atoms with E-state index in [0.29, 0.717) is 6.04 Å². The third kappa shape index (κ3) is 2.07. The number of furan rings is 1. The lowest BCUT2D eigenvalue weighted by Crippen LogP contribution is -2.35. The van der Waals surface area contributed by atoms with Crippen molar-refractivity contribution in [2.45, 2.75) is 31.5 Å². The van der Waals surface area contributed by atoms with E-state index < -0.39 is 0 Å². The molecule has 4 nitrogen and oxygen atoms in total. The van der Waals surface area contributed by atoms with Crippen molar-refractivity contribution < 1.29 is 4.42 Å². The van der Waals surface area contributed by atoms with E-state index in [2.05, 4.69) is 28.9 Å². The highest BCUT2D eigenvalue weighted by Crippen LogP contribution is 2.48. The van der Waals surface area contributed by atoms with Crippen molar-refractivity contribution in [3.05, 3.63) is 54.2 Å². The van der Waals surface area contributed by atoms with Crippen LogP contribution in [0.2, 0.25) is 0 Å². The predicted molar refractivity (Wildman–Crippen MR) is 84.2 cm³/mol. The van der Waals surface area contributed by atoms with Crippen molar-refractivity contribution >= 4 is 16.9 Å². The van der Waals surface area contributed by atoms with Crippen LogP contribution in [0, 0.1) is 0 Å². The Morgan fingerprint density at radius 3 is 3.00 bits per heavy atom. The second-order valence-corrected chi connectivity index (χ2v) is 6.34. The Morgan fingerprint density at radius 2 is 2.29 bits per heavy atom. The second-order valence-electron chi connectivity index (χ2n) is 5.35. The first kappa shape index (κ1) is 13.0. The van der Waals surface area contributed by atoms with Gasteiger partial charge in [0.1, 0.15) is 17.8 Å². The molecule has 0 N–H and O–H groups in total. The standard InChI is InChI=1S/C16H17N3OS/c1-2-11-10-21-16-18-14(12-6-3-4-8-17-12)15(19(11)16)13-7-5-9-20-13/h3-9,11,14-15H,2,10H2,1H3/t11-,14-,15-/m1/s1. The van der Waals surface area contributed by atoms with Gasteiger partial charge in [0, 0.05) is 18.0 Å². The maximum absolute atomic E-state index is 5.72. The van der Waals surface area contributed by atoms with Crippen molar-refractivity contribution in [1.82, 2.24) is 9.88 Å². The topological polar surface area (TPSA) is 41.6 Å². The molecule has 1 saturated heterocycles. The summed E-state index contributed by atoms with van der Waals surface area (Å²) in [5.41, 5.74) is 1.01. The molecule has 0 aliphatic carbocycles. The van der Waals surface area contributed by atoms with Gasteiger partial charge in [0.05, 0.1) is 12.0 Å². The summed E-state index contributed by atoms with van der Waals surface area (Å²) >= 11 is 1.85. The molecule has 21 heavy (non-hydrogen) atoms. The fraction of sp³-hybridized carbons (Fsp3) is 0.375. The number of fused-ring (bicyclic) bond motifs is 1. The number of hydrogen-bond acceptors (Lipinski definition) is 5. The lowest BCUT2D eigenvalue weighted by molar-refractivity contribution is 0.225. The number of aromatic nitrogens is 1. The third-order valence-corrected chi connectivity index (χ3v) is 5.29. The highest BCUT2D eigenvalue weighted by molar-refractivity contribution is 8.14. The van der Waals surface area contributed by atoms with Crippen molar-refractivity contribution in [2.75, 3.05) is 5.75 Å². The lowest BCUT2D eigenvalue weighted by Gasteiger charge is -2.29. The molecule has 108 valence electrons. The largest absolute Gasteiger partial charge is 0.467 e. The Balaban J connectivity index is 1.78. The van der Waals surface area contributed by atoms with Gasteiger partial charge in [0.2, 0.25) is 0 Å². The summed E-state index contributed by atoms with van der Waals surface area (Å²) in [4.78, 5) is 11.9. The summed E-state index contributed by atoms with van der Waals surface area (Å²) in [6, 6.07) is 10.7. The van der Waals surface area contributed by atoms with Crippen molar-refractivity contribution in [1.29, 1.82) is 0 Å². The van der Waals surface area contributed by atoms with Gasteiger partial charge in [-0.05, 0) is 30.7 Å². The first-order valence-corrected chi connectivity index (χ1v) is 8.30. The number of rotatable bonds is 3. The third-order valence-electron chi connectivity index (χ3n) is 4.16. The minimum Gasteiger partial charge on any atom is -0.467 e. The van der Waals surface area contributed by atoms with Crippen LogP contribution >= 0.6 is 11.8 Å². The maximum atomic E-state index is 5.72. The predicted octanol–water partition coefficient (Wildman–Crippen LogP) is 3.65. The quantitative estimate of drug-likeness (QED) is 0.867. The van der Waals surface area contributed by atoms with Crippen LogP contribution in [0.25, 0.3) is 0 Å². The Labute approximate surface area is 128 Å². The van der Waals surface area contributed by atoms with Gasteiger partial charge in [-0.3, -0.25) is 4.98 Å². The summed E-state index contributed by atoms with van der Waals surface area (Å²) < 4.78 is 5.72. The van der Waals surface area contributed by atoms with Crippen molar-refractivity contribution in [2.24, 2.45) is 4.99 Å². The zero-order valence-corrected chi connectivity index (χ0v) is 12.7. The summed E-state index contributed by atoms with van der Waals surface area (Å²) in [5, 5.41) is 1.14. The van der Waals surface area contributed by atoms with Crippen LogP contribution in [0.5, 0.6) is 0 Å². The molecule has 0 radical (unpaired) electrons. The Kier molecular flexibility index (Phi) is 3.22. The molecule has 0 aromatic carbocycles. The maximum Gasteiger partial charge on any atom is 0.161 e. The van der Waals surface area contributed by atoms with Gasteiger partial charge in [0.15, 0.2) is 5.17 Å². The van der Waals surface area contributed by atoms with Crippen LogP contribution in [0.3, 0.4) is 0 Å². The monoisotopic (exact) mass is 299 g/mol. The number of aliphatic imine (C=N–C) groups is 1. The zero-order valence-electron chi connectivity index (χ0n) is 11.8. The average molecular weight is 299 g/mol. The summed E-state index contributed by atoms with van der Waals surface area (Å²) in [5.74, 6) is 2.09. The van der Waals surface area contributed by atoms with Gasteiger partial charge in [-0.2, -0.15) is 0 Å². The fourth-order valence-corrected chi connectivity index (χ4v) is 4.46. The molecular formula is C16H17N3OS. The Bertz CT molecular complexity index is 641. The van der Waals surface area contributed by atoms with Gasteiger partial charge in [0.25, 0.3) is 0 Å². The van der Waals surface area contributed by atoms with E-state index in [4.69, 9.17) is 9.41 Å². The number of hydrogen-bond donors (Lipinski definition) is 0. The van der Waals surface area contributed by atoms with Crippen LogP contribution in [-0.4, -0.2) is 26.8 Å². The molecule has 4 rings (SSSR count). The molecular weight excluding hydrogens is 282 g/mol. The molecule has 2 aromatic heterocycles. The molecule has 0 unspecified atom stereocenters. The number of nitrogens with zero attached hydrogens (tertiary/aromatic N) is 3. The van der Waals surface area contributed by atoms with Crippen LogP contribution in [0.4, 0.5) is 0 Å². The molecule has 3 atom stereocenters. The van der Waals surface area contributed by atoms with Crippen LogP contribution in [0.15, 0.2) is 52.2 Å². The average Bonchev–Trinajstić information content (AvgIpc) is 3.23. The van der Waals surface area contributed by atoms with E-state index >= 15 is 0 Å². The Hall–Kier alpha value is -1.75. The number of amidine groups is 1. The molecule has 0 spiro atoms. The Morgan fingerprint density at radius 1 is 1.33 bits per heavy atom. The van der Waals surface area contributed by atoms with Crippen molar-refractivity contribution in [3.63, 3.8) is 0 Å². The second kappa shape index (κ2) is 5.22. The van der Waals surface area contributed by atoms with Gasteiger partial charge in [-0.1, -0.05) is 24.8 Å². The van der Waals surface area contributed by atoms with E-state index in [-0.39, 0.29) is 12.1 Å². The normalized spacial score (nSPS) is 27.8. The summed E-state index contributed by atoms with van der Waals surface area (Å²) in [6.45, 7) is 2.24. The smallest absolute Gasteiger partial charge is 0.161 e. The van der Waals surface area contributed by atoms with E-state index in [1.165, 1.54) is 0 Å². The molecule has 1 fully saturated rings. The number of thioether (sulfide) groups is 1. The van der Waals surface area contributed by atoms with Crippen LogP contribution in [-0.2, 0) is 0 Å². The van der Waals surface area contributed by atoms with E-state index in [0.717, 1.165) is 28.8 Å². The van der Waals surface area contributed by atoms with Gasteiger partial charge in [-0.15, -0.1) is 0 Å². The molecule has 2 aromatic rings. The molecule has 0 amide bonds. The molecule has 4 heterocycles. The minimum atomic E-state index is 0.0224.